The molecule has 0 radical (unpaired) electrons. The molecular formula is C11H23N3O. The quantitative estimate of drug-likeness (QED) is 0.706. The fourth-order valence-electron chi connectivity index (χ4n) is 1.89. The molecule has 88 valence electrons. The lowest BCUT2D eigenvalue weighted by Crippen LogP contribution is -2.48. The van der Waals surface area contributed by atoms with Crippen LogP contribution in [0.15, 0.2) is 0 Å². The Balaban J connectivity index is 2.31. The van der Waals surface area contributed by atoms with E-state index in [1.54, 1.807) is 0 Å². The number of carbonyl (C=O) groups excluding carboxylic acids is 1. The molecule has 0 atom stereocenters. The number of carbonyl (C=O) groups is 1. The molecule has 1 saturated heterocycles. The van der Waals surface area contributed by atoms with Crippen molar-refractivity contribution in [1.29, 1.82) is 0 Å². The van der Waals surface area contributed by atoms with Crippen LogP contribution in [0.1, 0.15) is 20.3 Å². The van der Waals surface area contributed by atoms with Crippen LogP contribution in [0, 0.1) is 0 Å². The van der Waals surface area contributed by atoms with Gasteiger partial charge in [0.2, 0.25) is 5.91 Å². The molecule has 4 nitrogen and oxygen atoms in total. The Bertz CT molecular complexity index is 190. The maximum atomic E-state index is 11.9. The first-order valence-corrected chi connectivity index (χ1v) is 5.98. The molecule has 1 rings (SSSR count). The highest BCUT2D eigenvalue weighted by Crippen LogP contribution is 1.97. The zero-order valence-electron chi connectivity index (χ0n) is 9.96. The minimum absolute atomic E-state index is 0.279. The summed E-state index contributed by atoms with van der Waals surface area (Å²) in [6.45, 7) is 10.5. The number of nitrogens with one attached hydrogen (secondary N) is 1. The molecule has 4 heteroatoms. The monoisotopic (exact) mass is 213 g/mol. The maximum absolute atomic E-state index is 11.9. The highest BCUT2D eigenvalue weighted by Gasteiger charge is 2.16. The number of likely N-dealkylation sites (N-methyl/N-ethyl adjacent to an activating group) is 1. The van der Waals surface area contributed by atoms with Crippen molar-refractivity contribution >= 4 is 5.91 Å². The van der Waals surface area contributed by atoms with Gasteiger partial charge in [0, 0.05) is 39.3 Å². The standard InChI is InChI=1S/C11H23N3O/c1-3-7-14(4-2)11(15)10-13-8-5-12-6-9-13/h12H,3-10H2,1-2H3. The van der Waals surface area contributed by atoms with Gasteiger partial charge in [-0.25, -0.2) is 0 Å². The molecule has 1 aliphatic heterocycles. The third kappa shape index (κ3) is 4.18. The van der Waals surface area contributed by atoms with E-state index in [0.717, 1.165) is 45.7 Å². The van der Waals surface area contributed by atoms with Crippen molar-refractivity contribution in [3.05, 3.63) is 0 Å². The summed E-state index contributed by atoms with van der Waals surface area (Å²) in [7, 11) is 0. The van der Waals surface area contributed by atoms with Crippen LogP contribution in [0.3, 0.4) is 0 Å². The average molecular weight is 213 g/mol. The van der Waals surface area contributed by atoms with E-state index in [4.69, 9.17) is 0 Å². The van der Waals surface area contributed by atoms with Gasteiger partial charge in [-0.3, -0.25) is 9.69 Å². The van der Waals surface area contributed by atoms with Gasteiger partial charge in [0.15, 0.2) is 0 Å². The van der Waals surface area contributed by atoms with Crippen LogP contribution < -0.4 is 5.32 Å². The van der Waals surface area contributed by atoms with Gasteiger partial charge in [0.1, 0.15) is 0 Å². The van der Waals surface area contributed by atoms with Crippen molar-refractivity contribution in [2.45, 2.75) is 20.3 Å². The summed E-state index contributed by atoms with van der Waals surface area (Å²) in [5, 5.41) is 3.29. The van der Waals surface area contributed by atoms with Crippen molar-refractivity contribution in [2.24, 2.45) is 0 Å². The zero-order valence-corrected chi connectivity index (χ0v) is 9.96. The third-order valence-corrected chi connectivity index (χ3v) is 2.80. The number of amides is 1. The lowest BCUT2D eigenvalue weighted by atomic mass is 10.3. The van der Waals surface area contributed by atoms with Crippen LogP contribution in [0.2, 0.25) is 0 Å². The zero-order chi connectivity index (χ0) is 11.1. The van der Waals surface area contributed by atoms with E-state index in [2.05, 4.69) is 17.1 Å². The summed E-state index contributed by atoms with van der Waals surface area (Å²) in [5.74, 6) is 0.279. The molecular weight excluding hydrogens is 190 g/mol. The van der Waals surface area contributed by atoms with Gasteiger partial charge in [-0.1, -0.05) is 6.92 Å². The summed E-state index contributed by atoms with van der Waals surface area (Å²) < 4.78 is 0. The Kier molecular flexibility index (Phi) is 5.65. The van der Waals surface area contributed by atoms with Crippen LogP contribution >= 0.6 is 0 Å². The Morgan fingerprint density at radius 2 is 2.00 bits per heavy atom. The maximum Gasteiger partial charge on any atom is 0.236 e. The highest BCUT2D eigenvalue weighted by atomic mass is 16.2. The molecule has 0 aromatic carbocycles. The molecule has 0 spiro atoms. The van der Waals surface area contributed by atoms with E-state index in [0.29, 0.717) is 6.54 Å². The van der Waals surface area contributed by atoms with E-state index in [9.17, 15) is 4.79 Å². The number of nitrogens with zero attached hydrogens (tertiary/aromatic N) is 2. The molecule has 0 aromatic rings. The molecule has 1 N–H and O–H groups in total. The molecule has 1 fully saturated rings. The SMILES string of the molecule is CCCN(CC)C(=O)CN1CCNCC1. The molecule has 1 aliphatic rings. The first kappa shape index (κ1) is 12.5. The summed E-state index contributed by atoms with van der Waals surface area (Å²) in [6.07, 6.45) is 1.04. The van der Waals surface area contributed by atoms with Crippen LogP contribution in [0.5, 0.6) is 0 Å². The smallest absolute Gasteiger partial charge is 0.236 e. The summed E-state index contributed by atoms with van der Waals surface area (Å²) >= 11 is 0. The summed E-state index contributed by atoms with van der Waals surface area (Å²) in [5.41, 5.74) is 0. The molecule has 0 unspecified atom stereocenters. The Hall–Kier alpha value is -0.610. The second-order valence-corrected chi connectivity index (χ2v) is 4.00. The van der Waals surface area contributed by atoms with Gasteiger partial charge in [-0.2, -0.15) is 0 Å². The van der Waals surface area contributed by atoms with E-state index in [-0.39, 0.29) is 5.91 Å². The van der Waals surface area contributed by atoms with Crippen LogP contribution in [0.4, 0.5) is 0 Å². The predicted molar refractivity (Wildman–Crippen MR) is 61.9 cm³/mol. The van der Waals surface area contributed by atoms with Gasteiger partial charge < -0.3 is 10.2 Å². The van der Waals surface area contributed by atoms with Crippen molar-refractivity contribution in [3.63, 3.8) is 0 Å². The summed E-state index contributed by atoms with van der Waals surface area (Å²) in [6, 6.07) is 0. The number of hydrogen-bond donors (Lipinski definition) is 1. The lowest BCUT2D eigenvalue weighted by Gasteiger charge is -2.29. The summed E-state index contributed by atoms with van der Waals surface area (Å²) in [4.78, 5) is 16.1. The van der Waals surface area contributed by atoms with Crippen molar-refractivity contribution in [1.82, 2.24) is 15.1 Å². The molecule has 1 heterocycles. The molecule has 0 aliphatic carbocycles. The second kappa shape index (κ2) is 6.80. The van der Waals surface area contributed by atoms with E-state index in [1.807, 2.05) is 11.8 Å². The first-order valence-electron chi connectivity index (χ1n) is 5.98. The van der Waals surface area contributed by atoms with E-state index < -0.39 is 0 Å². The predicted octanol–water partition coefficient (Wildman–Crippen LogP) is 0.150. The minimum Gasteiger partial charge on any atom is -0.342 e. The number of rotatable bonds is 5. The molecule has 0 saturated carbocycles. The second-order valence-electron chi connectivity index (χ2n) is 4.00. The van der Waals surface area contributed by atoms with Gasteiger partial charge in [0.25, 0.3) is 0 Å². The minimum atomic E-state index is 0.279. The molecule has 0 aromatic heterocycles. The normalized spacial score (nSPS) is 17.7. The largest absolute Gasteiger partial charge is 0.342 e. The third-order valence-electron chi connectivity index (χ3n) is 2.80. The lowest BCUT2D eigenvalue weighted by molar-refractivity contribution is -0.132. The average Bonchev–Trinajstić information content (AvgIpc) is 2.27. The van der Waals surface area contributed by atoms with Gasteiger partial charge in [0.05, 0.1) is 6.54 Å². The van der Waals surface area contributed by atoms with Crippen molar-refractivity contribution in [2.75, 3.05) is 45.8 Å². The van der Waals surface area contributed by atoms with Gasteiger partial charge >= 0.3 is 0 Å². The van der Waals surface area contributed by atoms with Gasteiger partial charge in [-0.05, 0) is 13.3 Å². The van der Waals surface area contributed by atoms with Gasteiger partial charge in [-0.15, -0.1) is 0 Å². The number of piperazine rings is 1. The van der Waals surface area contributed by atoms with E-state index >= 15 is 0 Å². The van der Waals surface area contributed by atoms with Crippen LogP contribution in [0.25, 0.3) is 0 Å². The molecule has 0 bridgehead atoms. The topological polar surface area (TPSA) is 35.6 Å². The number of hydrogen-bond acceptors (Lipinski definition) is 3. The Labute approximate surface area is 92.6 Å². The molecule has 1 amide bonds. The Morgan fingerprint density at radius 1 is 1.33 bits per heavy atom. The fraction of sp³-hybridized carbons (Fsp3) is 0.909. The van der Waals surface area contributed by atoms with Crippen LogP contribution in [-0.4, -0.2) is 61.5 Å². The van der Waals surface area contributed by atoms with Crippen LogP contribution in [-0.2, 0) is 4.79 Å². The fourth-order valence-corrected chi connectivity index (χ4v) is 1.89. The van der Waals surface area contributed by atoms with E-state index in [1.165, 1.54) is 0 Å². The Morgan fingerprint density at radius 3 is 2.53 bits per heavy atom. The highest BCUT2D eigenvalue weighted by molar-refractivity contribution is 5.78. The van der Waals surface area contributed by atoms with Crippen molar-refractivity contribution < 1.29 is 4.79 Å². The first-order chi connectivity index (χ1) is 7.27. The van der Waals surface area contributed by atoms with Crippen molar-refractivity contribution in [3.8, 4) is 0 Å². The molecule has 15 heavy (non-hydrogen) atoms.